The second-order valence-corrected chi connectivity index (χ2v) is 19.6. The lowest BCUT2D eigenvalue weighted by molar-refractivity contribution is -0.161. The molecule has 2 aromatic rings. The minimum absolute atomic E-state index is 0.0270. The van der Waals surface area contributed by atoms with E-state index < -0.39 is 26.5 Å². The largest absolute Gasteiger partial charge is 0.472 e. The maximum absolute atomic E-state index is 12.8. The van der Waals surface area contributed by atoms with Crippen LogP contribution in [0.3, 0.4) is 0 Å². The molecule has 11 nitrogen and oxygen atoms in total. The van der Waals surface area contributed by atoms with Crippen molar-refractivity contribution in [2.75, 3.05) is 33.4 Å². The van der Waals surface area contributed by atoms with E-state index in [1.54, 1.807) is 7.05 Å². The monoisotopic (exact) mass is 922 g/mol. The average Bonchev–Trinajstić information content (AvgIpc) is 3.70. The molecule has 0 bridgehead atoms. The summed E-state index contributed by atoms with van der Waals surface area (Å²) in [4.78, 5) is 35.4. The first kappa shape index (κ1) is 57.7. The predicted molar refractivity (Wildman–Crippen MR) is 259 cm³/mol. The Morgan fingerprint density at radius 1 is 0.531 bits per heavy atom. The van der Waals surface area contributed by atoms with Gasteiger partial charge < -0.3 is 28.5 Å². The lowest BCUT2D eigenvalue weighted by Gasteiger charge is -2.20. The Bertz CT molecular complexity index is 1570. The van der Waals surface area contributed by atoms with E-state index in [4.69, 9.17) is 27.4 Å². The summed E-state index contributed by atoms with van der Waals surface area (Å²) in [5.74, 6) is 3.88. The summed E-state index contributed by atoms with van der Waals surface area (Å²) in [5, 5.41) is 2.83. The molecule has 0 saturated heterocycles. The third-order valence-electron chi connectivity index (χ3n) is 12.6. The van der Waals surface area contributed by atoms with Gasteiger partial charge in [0.05, 0.1) is 13.2 Å². The Hall–Kier alpha value is -2.43. The molecule has 0 spiro atoms. The highest BCUT2D eigenvalue weighted by molar-refractivity contribution is 7.47. The molecule has 2 N–H and O–H groups in total. The first-order valence-electron chi connectivity index (χ1n) is 25.7. The molecule has 64 heavy (non-hydrogen) atoms. The molecule has 2 aromatic heterocycles. The van der Waals surface area contributed by atoms with Crippen LogP contribution in [-0.4, -0.2) is 56.3 Å². The van der Waals surface area contributed by atoms with Crippen LogP contribution in [0, 0.1) is 27.7 Å². The highest BCUT2D eigenvalue weighted by Gasteiger charge is 2.26. The van der Waals surface area contributed by atoms with Crippen LogP contribution < -0.4 is 5.32 Å². The maximum Gasteiger partial charge on any atom is 0.472 e. The van der Waals surface area contributed by atoms with Crippen LogP contribution >= 0.6 is 7.82 Å². The first-order chi connectivity index (χ1) is 30.9. The summed E-state index contributed by atoms with van der Waals surface area (Å²) in [7, 11) is -2.68. The number of esters is 2. The van der Waals surface area contributed by atoms with Gasteiger partial charge in [-0.2, -0.15) is 0 Å². The van der Waals surface area contributed by atoms with Crippen LogP contribution in [-0.2, 0) is 58.4 Å². The first-order valence-corrected chi connectivity index (χ1v) is 27.2. The number of phosphoric ester groups is 1. The summed E-state index contributed by atoms with van der Waals surface area (Å²) in [5.41, 5.74) is 5.35. The second-order valence-electron chi connectivity index (χ2n) is 18.2. The molecule has 2 heterocycles. The molecule has 0 aliphatic rings. The zero-order chi connectivity index (χ0) is 46.8. The lowest BCUT2D eigenvalue weighted by Crippen LogP contribution is -2.29. The number of carbonyl (C=O) groups is 2. The predicted octanol–water partition coefficient (Wildman–Crippen LogP) is 14.0. The lowest BCUT2D eigenvalue weighted by atomic mass is 10.0. The van der Waals surface area contributed by atoms with Crippen molar-refractivity contribution < 1.29 is 46.4 Å². The normalized spacial score (nSPS) is 13.1. The topological polar surface area (TPSA) is 147 Å². The van der Waals surface area contributed by atoms with Gasteiger partial charge in [-0.15, -0.1) is 0 Å². The number of carbonyl (C=O) groups excluding carboxylic acids is 2. The molecule has 0 aromatic carbocycles. The van der Waals surface area contributed by atoms with Gasteiger partial charge in [0.15, 0.2) is 6.10 Å². The summed E-state index contributed by atoms with van der Waals surface area (Å²) in [6, 6.07) is 0. The molecule has 1 unspecified atom stereocenters. The van der Waals surface area contributed by atoms with Gasteiger partial charge >= 0.3 is 19.8 Å². The van der Waals surface area contributed by atoms with E-state index in [0.29, 0.717) is 13.0 Å². The van der Waals surface area contributed by atoms with Gasteiger partial charge in [0, 0.05) is 45.1 Å². The maximum atomic E-state index is 12.8. The molecular weight excluding hydrogens is 830 g/mol. The zero-order valence-corrected chi connectivity index (χ0v) is 42.6. The number of likely N-dealkylation sites (N-methyl/N-ethyl adjacent to an activating group) is 1. The summed E-state index contributed by atoms with van der Waals surface area (Å²) < 4.78 is 45.9. The standard InChI is InChI=1S/C52H92NO10P/c1-8-10-26-32-47-42(3)44(5)49(62-47)34-28-22-18-14-12-13-15-20-24-30-36-51(54)58-40-46(41-60-64(56,57)59-39-38-53-7)61-52(55)37-31-25-21-17-16-19-23-29-35-50-45(6)43(4)48(63-50)33-27-11-9-2/h46,53H,8-41H2,1-7H3,(H,56,57)/t46-/m1/s1. The van der Waals surface area contributed by atoms with E-state index >= 15 is 0 Å². The van der Waals surface area contributed by atoms with E-state index in [1.807, 2.05) is 0 Å². The third-order valence-corrected chi connectivity index (χ3v) is 13.6. The van der Waals surface area contributed by atoms with E-state index in [9.17, 15) is 19.0 Å². The molecule has 0 aliphatic heterocycles. The minimum Gasteiger partial charge on any atom is -0.466 e. The molecule has 12 heteroatoms. The van der Waals surface area contributed by atoms with Crippen LogP contribution in [0.5, 0.6) is 0 Å². The highest BCUT2D eigenvalue weighted by atomic mass is 31.2. The molecule has 0 amide bonds. The van der Waals surface area contributed by atoms with Gasteiger partial charge in [-0.3, -0.25) is 18.6 Å². The molecular formula is C52H92NO10P. The van der Waals surface area contributed by atoms with Crippen LogP contribution in [0.25, 0.3) is 0 Å². The van der Waals surface area contributed by atoms with E-state index in [1.165, 1.54) is 136 Å². The molecule has 2 atom stereocenters. The Kier molecular flexibility index (Phi) is 32.2. The zero-order valence-electron chi connectivity index (χ0n) is 41.7. The van der Waals surface area contributed by atoms with Crippen LogP contribution in [0.4, 0.5) is 0 Å². The van der Waals surface area contributed by atoms with E-state index in [-0.39, 0.29) is 32.0 Å². The number of phosphoric acid groups is 1. The number of hydrogen-bond donors (Lipinski definition) is 2. The number of unbranched alkanes of at least 4 members (excludes halogenated alkanes) is 20. The van der Waals surface area contributed by atoms with Gasteiger partial charge in [0.1, 0.15) is 29.6 Å². The summed E-state index contributed by atoms with van der Waals surface area (Å²) in [6.07, 6.45) is 30.6. The van der Waals surface area contributed by atoms with Crippen LogP contribution in [0.1, 0.15) is 226 Å². The Morgan fingerprint density at radius 3 is 1.28 bits per heavy atom. The van der Waals surface area contributed by atoms with Crippen molar-refractivity contribution in [1.82, 2.24) is 5.32 Å². The van der Waals surface area contributed by atoms with Gasteiger partial charge in [-0.25, -0.2) is 4.57 Å². The summed E-state index contributed by atoms with van der Waals surface area (Å²) in [6.45, 7) is 12.9. The third kappa shape index (κ3) is 26.0. The number of aryl methyl sites for hydroxylation is 4. The molecule has 0 aliphatic carbocycles. The minimum atomic E-state index is -4.38. The number of nitrogens with one attached hydrogen (secondary N) is 1. The summed E-state index contributed by atoms with van der Waals surface area (Å²) >= 11 is 0. The Morgan fingerprint density at radius 2 is 0.891 bits per heavy atom. The van der Waals surface area contributed by atoms with Crippen molar-refractivity contribution >= 4 is 19.8 Å². The van der Waals surface area contributed by atoms with Gasteiger partial charge in [-0.05, 0) is 95.5 Å². The Labute approximate surface area is 389 Å². The smallest absolute Gasteiger partial charge is 0.466 e. The SMILES string of the molecule is CCCCCc1oc(CCCCCCCCCCCCC(=O)OC[C@H](COP(=O)(O)OCCNC)OC(=O)CCCCCCCCCCc2oc(CCCCC)c(C)c2C)c(C)c1C. The highest BCUT2D eigenvalue weighted by Crippen LogP contribution is 2.43. The van der Waals surface area contributed by atoms with Gasteiger partial charge in [-0.1, -0.05) is 129 Å². The number of rotatable bonds is 42. The number of hydrogen-bond acceptors (Lipinski definition) is 10. The fraction of sp³-hybridized carbons (Fsp3) is 0.808. The van der Waals surface area contributed by atoms with Crippen molar-refractivity contribution in [1.29, 1.82) is 0 Å². The molecule has 370 valence electrons. The fourth-order valence-corrected chi connectivity index (χ4v) is 8.90. The molecule has 0 fully saturated rings. The molecule has 2 rings (SSSR count). The van der Waals surface area contributed by atoms with E-state index in [0.717, 1.165) is 82.8 Å². The van der Waals surface area contributed by atoms with Crippen molar-refractivity contribution in [2.45, 2.75) is 240 Å². The van der Waals surface area contributed by atoms with Crippen molar-refractivity contribution in [3.05, 3.63) is 45.3 Å². The number of ether oxygens (including phenoxy) is 2. The molecule has 0 saturated carbocycles. The average molecular weight is 922 g/mol. The van der Waals surface area contributed by atoms with Crippen molar-refractivity contribution in [3.8, 4) is 0 Å². The van der Waals surface area contributed by atoms with Gasteiger partial charge in [0.2, 0.25) is 0 Å². The number of furan rings is 2. The molecule has 0 radical (unpaired) electrons. The van der Waals surface area contributed by atoms with Gasteiger partial charge in [0.25, 0.3) is 0 Å². The quantitative estimate of drug-likeness (QED) is 0.0373. The van der Waals surface area contributed by atoms with Crippen LogP contribution in [0.15, 0.2) is 8.83 Å². The van der Waals surface area contributed by atoms with Crippen LogP contribution in [0.2, 0.25) is 0 Å². The fourth-order valence-electron chi connectivity index (χ4n) is 8.15. The van der Waals surface area contributed by atoms with Crippen molar-refractivity contribution in [2.24, 2.45) is 0 Å². The van der Waals surface area contributed by atoms with E-state index in [2.05, 4.69) is 46.9 Å². The second kappa shape index (κ2) is 35.7. The van der Waals surface area contributed by atoms with Crippen molar-refractivity contribution in [3.63, 3.8) is 0 Å². The Balaban J connectivity index is 1.57.